The van der Waals surface area contributed by atoms with E-state index >= 15 is 0 Å². The van der Waals surface area contributed by atoms with Crippen LogP contribution in [0, 0.1) is 6.92 Å². The fourth-order valence-electron chi connectivity index (χ4n) is 3.47. The number of amides is 3. The third-order valence-corrected chi connectivity index (χ3v) is 5.44. The molecule has 0 spiro atoms. The molecule has 6 heteroatoms. The lowest BCUT2D eigenvalue weighted by molar-refractivity contribution is -0.131. The first-order valence-corrected chi connectivity index (χ1v) is 9.95. The van der Waals surface area contributed by atoms with Crippen molar-refractivity contribution in [2.24, 2.45) is 0 Å². The van der Waals surface area contributed by atoms with Crippen LogP contribution in [-0.4, -0.2) is 47.9 Å². The predicted octanol–water partition coefficient (Wildman–Crippen LogP) is 3.81. The van der Waals surface area contributed by atoms with Gasteiger partial charge in [0, 0.05) is 31.2 Å². The third kappa shape index (κ3) is 5.04. The number of aryl methyl sites for hydroxylation is 1. The van der Waals surface area contributed by atoms with Crippen LogP contribution in [0.1, 0.15) is 29.7 Å². The fraction of sp³-hybridized carbons (Fsp3) is 0.364. The lowest BCUT2D eigenvalue weighted by atomic mass is 10.0. The summed E-state index contributed by atoms with van der Waals surface area (Å²) in [6.45, 7) is 6.23. The van der Waals surface area contributed by atoms with Crippen molar-refractivity contribution in [1.82, 2.24) is 15.1 Å². The summed E-state index contributed by atoms with van der Waals surface area (Å²) in [5.41, 5.74) is 3.22. The average molecular weight is 400 g/mol. The molecule has 3 amide bonds. The Balaban J connectivity index is 1.49. The molecule has 148 valence electrons. The summed E-state index contributed by atoms with van der Waals surface area (Å²) in [7, 11) is 0. The Morgan fingerprint density at radius 2 is 1.61 bits per heavy atom. The Hall–Kier alpha value is -2.53. The number of rotatable bonds is 4. The Bertz CT molecular complexity index is 830. The minimum absolute atomic E-state index is 0.0572. The van der Waals surface area contributed by atoms with Gasteiger partial charge in [-0.1, -0.05) is 48.0 Å². The largest absolute Gasteiger partial charge is 0.339 e. The van der Waals surface area contributed by atoms with Crippen LogP contribution in [0.25, 0.3) is 0 Å². The second-order valence-corrected chi connectivity index (χ2v) is 7.64. The van der Waals surface area contributed by atoms with Crippen LogP contribution in [0.5, 0.6) is 0 Å². The predicted molar refractivity (Wildman–Crippen MR) is 111 cm³/mol. The molecule has 2 aromatic carbocycles. The average Bonchev–Trinajstić information content (AvgIpc) is 2.70. The molecule has 1 N–H and O–H groups in total. The molecule has 5 nitrogen and oxygen atoms in total. The number of nitrogens with zero attached hydrogens (tertiary/aromatic N) is 2. The number of piperazine rings is 1. The molecule has 1 saturated heterocycles. The van der Waals surface area contributed by atoms with E-state index in [4.69, 9.17) is 11.6 Å². The van der Waals surface area contributed by atoms with Crippen molar-refractivity contribution in [3.63, 3.8) is 0 Å². The van der Waals surface area contributed by atoms with Gasteiger partial charge in [0.15, 0.2) is 0 Å². The van der Waals surface area contributed by atoms with Crippen LogP contribution in [0.4, 0.5) is 4.79 Å². The first kappa shape index (κ1) is 20.2. The zero-order chi connectivity index (χ0) is 20.1. The van der Waals surface area contributed by atoms with E-state index < -0.39 is 0 Å². The Morgan fingerprint density at radius 3 is 2.25 bits per heavy atom. The van der Waals surface area contributed by atoms with Crippen LogP contribution >= 0.6 is 11.6 Å². The topological polar surface area (TPSA) is 52.7 Å². The molecule has 0 aromatic heterocycles. The summed E-state index contributed by atoms with van der Waals surface area (Å²) in [6.07, 6.45) is 0.355. The fourth-order valence-corrected chi connectivity index (χ4v) is 3.60. The molecule has 1 atom stereocenters. The van der Waals surface area contributed by atoms with Crippen LogP contribution in [0.3, 0.4) is 0 Å². The second-order valence-electron chi connectivity index (χ2n) is 7.20. The zero-order valence-electron chi connectivity index (χ0n) is 16.3. The lowest BCUT2D eigenvalue weighted by Gasteiger charge is -2.35. The van der Waals surface area contributed by atoms with Gasteiger partial charge in [0.05, 0.1) is 12.5 Å². The number of hydrogen-bond acceptors (Lipinski definition) is 2. The third-order valence-electron chi connectivity index (χ3n) is 5.18. The maximum Gasteiger partial charge on any atom is 0.317 e. The highest BCUT2D eigenvalue weighted by molar-refractivity contribution is 6.30. The van der Waals surface area contributed by atoms with Gasteiger partial charge in [-0.05, 0) is 42.7 Å². The normalized spacial score (nSPS) is 15.2. The standard InChI is InChI=1S/C22H26ClN3O2/c1-16-5-3-4-6-20(16)17(2)24-22(28)26-13-11-25(12-14-26)21(27)15-18-7-9-19(23)10-8-18/h3-10,17H,11-15H2,1-2H3,(H,24,28). The second kappa shape index (κ2) is 9.11. The SMILES string of the molecule is Cc1ccccc1C(C)NC(=O)N1CCN(C(=O)Cc2ccc(Cl)cc2)CC1. The highest BCUT2D eigenvalue weighted by Crippen LogP contribution is 2.17. The number of carbonyl (C=O) groups is 2. The van der Waals surface area contributed by atoms with Crippen molar-refractivity contribution in [3.05, 3.63) is 70.2 Å². The van der Waals surface area contributed by atoms with E-state index in [1.54, 1.807) is 17.0 Å². The van der Waals surface area contributed by atoms with Crippen molar-refractivity contribution < 1.29 is 9.59 Å². The van der Waals surface area contributed by atoms with E-state index in [2.05, 4.69) is 5.32 Å². The number of urea groups is 1. The molecule has 28 heavy (non-hydrogen) atoms. The molecule has 2 aromatic rings. The molecular formula is C22H26ClN3O2. The van der Waals surface area contributed by atoms with Gasteiger partial charge in [0.2, 0.25) is 5.91 Å². The smallest absolute Gasteiger partial charge is 0.317 e. The van der Waals surface area contributed by atoms with Gasteiger partial charge >= 0.3 is 6.03 Å². The van der Waals surface area contributed by atoms with Crippen molar-refractivity contribution in [2.75, 3.05) is 26.2 Å². The van der Waals surface area contributed by atoms with Crippen molar-refractivity contribution in [1.29, 1.82) is 0 Å². The van der Waals surface area contributed by atoms with E-state index in [1.807, 2.05) is 55.1 Å². The number of benzene rings is 2. The zero-order valence-corrected chi connectivity index (χ0v) is 17.1. The Kier molecular flexibility index (Phi) is 6.57. The van der Waals surface area contributed by atoms with Crippen molar-refractivity contribution in [2.45, 2.75) is 26.3 Å². The van der Waals surface area contributed by atoms with Crippen molar-refractivity contribution >= 4 is 23.5 Å². The molecule has 0 bridgehead atoms. The van der Waals surface area contributed by atoms with Crippen LogP contribution in [0.2, 0.25) is 5.02 Å². The molecule has 1 aliphatic heterocycles. The molecule has 1 fully saturated rings. The maximum atomic E-state index is 12.6. The first-order chi connectivity index (χ1) is 13.4. The van der Waals surface area contributed by atoms with E-state index in [0.29, 0.717) is 37.6 Å². The number of hydrogen-bond donors (Lipinski definition) is 1. The molecule has 0 aliphatic carbocycles. The molecule has 1 heterocycles. The molecule has 1 unspecified atom stereocenters. The maximum absolute atomic E-state index is 12.6. The molecule has 0 radical (unpaired) electrons. The van der Waals surface area contributed by atoms with Crippen LogP contribution in [-0.2, 0) is 11.2 Å². The van der Waals surface area contributed by atoms with E-state index in [9.17, 15) is 9.59 Å². The van der Waals surface area contributed by atoms with Crippen LogP contribution < -0.4 is 5.32 Å². The van der Waals surface area contributed by atoms with Gasteiger partial charge in [0.25, 0.3) is 0 Å². The van der Waals surface area contributed by atoms with E-state index in [0.717, 1.165) is 16.7 Å². The summed E-state index contributed by atoms with van der Waals surface area (Å²) in [6, 6.07) is 15.2. The van der Waals surface area contributed by atoms with Gasteiger partial charge < -0.3 is 15.1 Å². The Morgan fingerprint density at radius 1 is 1.00 bits per heavy atom. The van der Waals surface area contributed by atoms with Crippen molar-refractivity contribution in [3.8, 4) is 0 Å². The van der Waals surface area contributed by atoms with E-state index in [1.165, 1.54) is 0 Å². The molecular weight excluding hydrogens is 374 g/mol. The summed E-state index contributed by atoms with van der Waals surface area (Å²) in [5, 5.41) is 3.73. The Labute approximate surface area is 171 Å². The van der Waals surface area contributed by atoms with Gasteiger partial charge in [-0.15, -0.1) is 0 Å². The van der Waals surface area contributed by atoms with E-state index in [-0.39, 0.29) is 18.0 Å². The molecule has 3 rings (SSSR count). The minimum atomic E-state index is -0.0828. The van der Waals surface area contributed by atoms with Gasteiger partial charge in [-0.25, -0.2) is 4.79 Å². The summed E-state index contributed by atoms with van der Waals surface area (Å²) in [5.74, 6) is 0.0793. The summed E-state index contributed by atoms with van der Waals surface area (Å²) in [4.78, 5) is 28.7. The number of nitrogens with one attached hydrogen (secondary N) is 1. The highest BCUT2D eigenvalue weighted by atomic mass is 35.5. The number of carbonyl (C=O) groups excluding carboxylic acids is 2. The van der Waals surface area contributed by atoms with Gasteiger partial charge in [0.1, 0.15) is 0 Å². The quantitative estimate of drug-likeness (QED) is 0.850. The lowest BCUT2D eigenvalue weighted by Crippen LogP contribution is -2.53. The van der Waals surface area contributed by atoms with Crippen LogP contribution in [0.15, 0.2) is 48.5 Å². The molecule has 1 aliphatic rings. The summed E-state index contributed by atoms with van der Waals surface area (Å²) >= 11 is 5.89. The van der Waals surface area contributed by atoms with Gasteiger partial charge in [-0.2, -0.15) is 0 Å². The number of halogens is 1. The monoisotopic (exact) mass is 399 g/mol. The minimum Gasteiger partial charge on any atom is -0.339 e. The van der Waals surface area contributed by atoms with Gasteiger partial charge in [-0.3, -0.25) is 4.79 Å². The summed E-state index contributed by atoms with van der Waals surface area (Å²) < 4.78 is 0. The first-order valence-electron chi connectivity index (χ1n) is 9.57. The highest BCUT2D eigenvalue weighted by Gasteiger charge is 2.25. The molecule has 0 saturated carbocycles.